The lowest BCUT2D eigenvalue weighted by Crippen LogP contribution is -2.45. The summed E-state index contributed by atoms with van der Waals surface area (Å²) in [4.78, 5) is 25.3. The number of aliphatic hydroxyl groups is 1. The fraction of sp³-hybridized carbons (Fsp3) is 0.804. The van der Waals surface area contributed by atoms with Crippen molar-refractivity contribution in [2.24, 2.45) is 0 Å². The van der Waals surface area contributed by atoms with Gasteiger partial charge in [0.2, 0.25) is 5.91 Å². The molecule has 9 heteroatoms. The Balaban J connectivity index is 4.50. The highest BCUT2D eigenvalue weighted by Crippen LogP contribution is 2.38. The molecule has 0 saturated heterocycles. The number of hydrogen-bond acceptors (Lipinski definition) is 6. The number of allylic oxidation sites excluding steroid dienone is 7. The van der Waals surface area contributed by atoms with E-state index >= 15 is 0 Å². The third-order valence-electron chi connectivity index (χ3n) is 9.74. The Morgan fingerprint density at radius 1 is 0.618 bits per heavy atom. The van der Waals surface area contributed by atoms with Crippen LogP contribution in [0.3, 0.4) is 0 Å². The number of phosphoric acid groups is 1. The van der Waals surface area contributed by atoms with Crippen LogP contribution < -0.4 is 10.2 Å². The molecule has 3 unspecified atom stereocenters. The number of amides is 1. The standard InChI is InChI=1S/C46H87N2O6P/c1-6-8-10-12-14-16-18-20-22-24-26-28-30-32-34-36-38-40-46(50)47-44(43-54-55(51,52)53-42-41-48(3,4)5)45(49)39-37-35-33-31-29-27-25-23-21-19-17-15-13-11-9-7-2/h20-23,29,31,37,39,44-45,49H,6-19,24-28,30,32-36,38,40-43H2,1-5H3,(H-,47,50,51,52)/b22-20-,23-21+,31-29+,39-37+. The molecule has 0 radical (unpaired) electrons. The predicted octanol–water partition coefficient (Wildman–Crippen LogP) is 11.8. The number of likely N-dealkylation sites (N-methyl/N-ethyl adjacent to an activating group) is 1. The minimum atomic E-state index is -4.60. The number of hydrogen-bond donors (Lipinski definition) is 2. The van der Waals surface area contributed by atoms with Gasteiger partial charge in [-0.25, -0.2) is 0 Å². The molecule has 0 rings (SSSR count). The van der Waals surface area contributed by atoms with Crippen LogP contribution in [0.25, 0.3) is 0 Å². The highest BCUT2D eigenvalue weighted by atomic mass is 31.2. The van der Waals surface area contributed by atoms with Gasteiger partial charge in [-0.2, -0.15) is 0 Å². The topological polar surface area (TPSA) is 108 Å². The zero-order valence-corrected chi connectivity index (χ0v) is 37.3. The van der Waals surface area contributed by atoms with Crippen molar-refractivity contribution in [2.45, 2.75) is 199 Å². The lowest BCUT2D eigenvalue weighted by atomic mass is 10.1. The summed E-state index contributed by atoms with van der Waals surface area (Å²) < 4.78 is 23.2. The van der Waals surface area contributed by atoms with E-state index < -0.39 is 26.6 Å². The molecular weight excluding hydrogens is 707 g/mol. The smallest absolute Gasteiger partial charge is 0.268 e. The van der Waals surface area contributed by atoms with Crippen LogP contribution in [0.5, 0.6) is 0 Å². The summed E-state index contributed by atoms with van der Waals surface area (Å²) in [6, 6.07) is -0.911. The summed E-state index contributed by atoms with van der Waals surface area (Å²) in [5.74, 6) is -0.218. The zero-order valence-electron chi connectivity index (χ0n) is 36.4. The summed E-state index contributed by atoms with van der Waals surface area (Å²) >= 11 is 0. The second-order valence-corrected chi connectivity index (χ2v) is 17.8. The van der Waals surface area contributed by atoms with Crippen LogP contribution in [0.4, 0.5) is 0 Å². The van der Waals surface area contributed by atoms with E-state index in [1.165, 1.54) is 122 Å². The van der Waals surface area contributed by atoms with Crippen molar-refractivity contribution in [3.05, 3.63) is 48.6 Å². The van der Waals surface area contributed by atoms with E-state index in [1.807, 2.05) is 27.2 Å². The van der Waals surface area contributed by atoms with E-state index in [0.717, 1.165) is 44.9 Å². The van der Waals surface area contributed by atoms with Crippen LogP contribution in [0, 0.1) is 0 Å². The van der Waals surface area contributed by atoms with Gasteiger partial charge in [-0.15, -0.1) is 0 Å². The van der Waals surface area contributed by atoms with E-state index in [9.17, 15) is 19.4 Å². The molecule has 2 N–H and O–H groups in total. The van der Waals surface area contributed by atoms with Crippen LogP contribution in [0.2, 0.25) is 0 Å². The van der Waals surface area contributed by atoms with Gasteiger partial charge < -0.3 is 28.8 Å². The molecular formula is C46H87N2O6P. The normalized spacial score (nSPS) is 14.8. The monoisotopic (exact) mass is 795 g/mol. The van der Waals surface area contributed by atoms with Gasteiger partial charge in [-0.3, -0.25) is 9.36 Å². The van der Waals surface area contributed by atoms with E-state index in [2.05, 4.69) is 55.6 Å². The van der Waals surface area contributed by atoms with Crippen LogP contribution in [-0.2, 0) is 18.4 Å². The maximum Gasteiger partial charge on any atom is 0.268 e. The van der Waals surface area contributed by atoms with Gasteiger partial charge in [-0.1, -0.05) is 159 Å². The fourth-order valence-corrected chi connectivity index (χ4v) is 6.84. The maximum absolute atomic E-state index is 12.8. The molecule has 0 spiro atoms. The molecule has 0 aromatic heterocycles. The third kappa shape index (κ3) is 40.5. The van der Waals surface area contributed by atoms with E-state index in [1.54, 1.807) is 6.08 Å². The highest BCUT2D eigenvalue weighted by molar-refractivity contribution is 7.45. The number of carbonyl (C=O) groups is 1. The number of nitrogens with one attached hydrogen (secondary N) is 1. The van der Waals surface area contributed by atoms with E-state index in [0.29, 0.717) is 17.4 Å². The van der Waals surface area contributed by atoms with Crippen LogP contribution in [0.15, 0.2) is 48.6 Å². The molecule has 0 aliphatic rings. The number of aliphatic hydroxyl groups excluding tert-OH is 1. The summed E-state index contributed by atoms with van der Waals surface area (Å²) in [7, 11) is 1.23. The van der Waals surface area contributed by atoms with Gasteiger partial charge in [0.25, 0.3) is 7.82 Å². The first kappa shape index (κ1) is 53.5. The quantitative estimate of drug-likeness (QED) is 0.0277. The average molecular weight is 795 g/mol. The van der Waals surface area contributed by atoms with Crippen molar-refractivity contribution >= 4 is 13.7 Å². The molecule has 8 nitrogen and oxygen atoms in total. The van der Waals surface area contributed by atoms with Crippen molar-refractivity contribution in [2.75, 3.05) is 40.9 Å². The molecule has 1 amide bonds. The maximum atomic E-state index is 12.8. The molecule has 55 heavy (non-hydrogen) atoms. The molecule has 0 aliphatic carbocycles. The molecule has 0 fully saturated rings. The number of unbranched alkanes of at least 4 members (excludes halogenated alkanes) is 21. The summed E-state index contributed by atoms with van der Waals surface area (Å²) in [5.41, 5.74) is 0. The molecule has 3 atom stereocenters. The van der Waals surface area contributed by atoms with Gasteiger partial charge in [0.1, 0.15) is 13.2 Å². The van der Waals surface area contributed by atoms with Gasteiger partial charge in [-0.05, 0) is 70.6 Å². The zero-order chi connectivity index (χ0) is 40.7. The fourth-order valence-electron chi connectivity index (χ4n) is 6.12. The molecule has 0 bridgehead atoms. The Hall–Kier alpha value is -1.54. The SMILES string of the molecule is CCCCCCCC/C=C\CCCCCCCCCC(=O)NC(COP(=O)([O-])OCC[N+](C)(C)C)C(O)/C=C/CC/C=C/CC/C=C/CCCCCCCC. The van der Waals surface area contributed by atoms with Crippen LogP contribution >= 0.6 is 7.82 Å². The second kappa shape index (κ2) is 38.0. The lowest BCUT2D eigenvalue weighted by molar-refractivity contribution is -0.870. The molecule has 0 aliphatic heterocycles. The van der Waals surface area contributed by atoms with Crippen molar-refractivity contribution < 1.29 is 32.9 Å². The highest BCUT2D eigenvalue weighted by Gasteiger charge is 2.23. The average Bonchev–Trinajstić information content (AvgIpc) is 3.13. The largest absolute Gasteiger partial charge is 0.756 e. The van der Waals surface area contributed by atoms with Gasteiger partial charge >= 0.3 is 0 Å². The number of carbonyl (C=O) groups excluding carboxylic acids is 1. The number of phosphoric ester groups is 1. The molecule has 0 aromatic rings. The number of rotatable bonds is 40. The lowest BCUT2D eigenvalue weighted by Gasteiger charge is -2.29. The Bertz CT molecular complexity index is 1040. The van der Waals surface area contributed by atoms with Crippen LogP contribution in [-0.4, -0.2) is 68.5 Å². The Morgan fingerprint density at radius 3 is 1.47 bits per heavy atom. The second-order valence-electron chi connectivity index (χ2n) is 16.4. The molecule has 0 heterocycles. The van der Waals surface area contributed by atoms with Crippen molar-refractivity contribution in [1.82, 2.24) is 5.32 Å². The van der Waals surface area contributed by atoms with Crippen LogP contribution in [0.1, 0.15) is 187 Å². The minimum absolute atomic E-state index is 0.0108. The van der Waals surface area contributed by atoms with Gasteiger partial charge in [0.05, 0.1) is 39.9 Å². The van der Waals surface area contributed by atoms with Crippen molar-refractivity contribution in [1.29, 1.82) is 0 Å². The van der Waals surface area contributed by atoms with E-state index in [-0.39, 0.29) is 12.5 Å². The Labute approximate surface area is 339 Å². The first-order valence-corrected chi connectivity index (χ1v) is 24.0. The number of quaternary nitrogens is 1. The third-order valence-corrected chi connectivity index (χ3v) is 10.7. The Kier molecular flexibility index (Phi) is 36.9. The number of nitrogens with zero attached hydrogens (tertiary/aromatic N) is 1. The van der Waals surface area contributed by atoms with Crippen molar-refractivity contribution in [3.8, 4) is 0 Å². The van der Waals surface area contributed by atoms with Crippen molar-refractivity contribution in [3.63, 3.8) is 0 Å². The summed E-state index contributed by atoms with van der Waals surface area (Å²) in [6.45, 7) is 4.59. The predicted molar refractivity (Wildman–Crippen MR) is 233 cm³/mol. The van der Waals surface area contributed by atoms with Gasteiger partial charge in [0, 0.05) is 6.42 Å². The Morgan fingerprint density at radius 2 is 1.02 bits per heavy atom. The molecule has 322 valence electrons. The molecule has 0 aromatic carbocycles. The summed E-state index contributed by atoms with van der Waals surface area (Å²) in [5, 5.41) is 13.7. The van der Waals surface area contributed by atoms with E-state index in [4.69, 9.17) is 9.05 Å². The van der Waals surface area contributed by atoms with Gasteiger partial charge in [0.15, 0.2) is 0 Å². The summed E-state index contributed by atoms with van der Waals surface area (Å²) in [6.07, 6.45) is 47.3. The minimum Gasteiger partial charge on any atom is -0.756 e. The first-order valence-electron chi connectivity index (χ1n) is 22.5. The molecule has 0 saturated carbocycles. The first-order chi connectivity index (χ1) is 26.5.